The van der Waals surface area contributed by atoms with Gasteiger partial charge >= 0.3 is 0 Å². The van der Waals surface area contributed by atoms with Gasteiger partial charge in [-0.25, -0.2) is 13.6 Å². The van der Waals surface area contributed by atoms with E-state index in [0.717, 1.165) is 0 Å². The number of nitrogen functional groups attached to an aromatic ring is 1. The Morgan fingerprint density at radius 3 is 2.57 bits per heavy atom. The van der Waals surface area contributed by atoms with Crippen molar-refractivity contribution in [3.63, 3.8) is 0 Å². The monoisotopic (exact) mass is 308 g/mol. The molecule has 0 heterocycles. The van der Waals surface area contributed by atoms with Gasteiger partial charge in [-0.3, -0.25) is 0 Å². The summed E-state index contributed by atoms with van der Waals surface area (Å²) >= 11 is 0. The number of hydrogen-bond donors (Lipinski definition) is 3. The van der Waals surface area contributed by atoms with Crippen LogP contribution in [0.25, 0.3) is 0 Å². The molecule has 0 aliphatic heterocycles. The third-order valence-corrected chi connectivity index (χ3v) is 3.99. The highest BCUT2D eigenvalue weighted by Crippen LogP contribution is 2.31. The lowest BCUT2D eigenvalue weighted by molar-refractivity contribution is 0.281. The van der Waals surface area contributed by atoms with E-state index in [0.29, 0.717) is 22.6 Å². The van der Waals surface area contributed by atoms with Crippen molar-refractivity contribution < 1.29 is 18.3 Å². The first-order chi connectivity index (χ1) is 9.81. The van der Waals surface area contributed by atoms with E-state index in [9.17, 15) is 8.42 Å². The quantitative estimate of drug-likeness (QED) is 0.740. The van der Waals surface area contributed by atoms with Crippen LogP contribution in [-0.2, 0) is 16.6 Å². The van der Waals surface area contributed by atoms with Crippen LogP contribution in [0.3, 0.4) is 0 Å². The fourth-order valence-corrected chi connectivity index (χ4v) is 2.75. The summed E-state index contributed by atoms with van der Waals surface area (Å²) in [6, 6.07) is 9.63. The van der Waals surface area contributed by atoms with E-state index in [4.69, 9.17) is 20.7 Å². The van der Waals surface area contributed by atoms with Crippen LogP contribution in [0.5, 0.6) is 11.5 Å². The Morgan fingerprint density at radius 2 is 1.95 bits per heavy atom. The van der Waals surface area contributed by atoms with E-state index in [1.807, 2.05) is 0 Å². The third kappa shape index (κ3) is 3.52. The lowest BCUT2D eigenvalue weighted by Crippen LogP contribution is -2.14. The van der Waals surface area contributed by atoms with E-state index in [1.54, 1.807) is 31.2 Å². The van der Waals surface area contributed by atoms with Crippen molar-refractivity contribution in [2.75, 3.05) is 5.73 Å². The van der Waals surface area contributed by atoms with Crippen LogP contribution in [0.4, 0.5) is 5.69 Å². The molecule has 0 amide bonds. The predicted octanol–water partition coefficient (Wildman–Crippen LogP) is 1.51. The van der Waals surface area contributed by atoms with Gasteiger partial charge in [-0.15, -0.1) is 0 Å². The number of aliphatic hydroxyl groups is 1. The lowest BCUT2D eigenvalue weighted by Gasteiger charge is -2.13. The van der Waals surface area contributed by atoms with Crippen LogP contribution in [0.1, 0.15) is 11.1 Å². The highest BCUT2D eigenvalue weighted by atomic mass is 32.2. The Bertz CT molecular complexity index is 773. The Balaban J connectivity index is 2.47. The molecule has 0 fully saturated rings. The molecule has 7 heteroatoms. The number of primary sulfonamides is 1. The number of nitrogens with two attached hydrogens (primary N) is 2. The number of ether oxygens (including phenoxy) is 1. The number of rotatable bonds is 4. The summed E-state index contributed by atoms with van der Waals surface area (Å²) in [4.78, 5) is -0.0733. The highest BCUT2D eigenvalue weighted by Gasteiger charge is 2.17. The maximum Gasteiger partial charge on any atom is 0.238 e. The van der Waals surface area contributed by atoms with Crippen molar-refractivity contribution in [1.29, 1.82) is 0 Å². The topological polar surface area (TPSA) is 116 Å². The number of hydrogen-bond acceptors (Lipinski definition) is 5. The molecular weight excluding hydrogens is 292 g/mol. The summed E-state index contributed by atoms with van der Waals surface area (Å²) in [6.07, 6.45) is 0. The van der Waals surface area contributed by atoms with Crippen LogP contribution in [-0.4, -0.2) is 13.5 Å². The molecular formula is C14H16N2O4S. The Morgan fingerprint density at radius 1 is 1.24 bits per heavy atom. The van der Waals surface area contributed by atoms with Crippen molar-refractivity contribution >= 4 is 15.7 Å². The molecule has 2 aromatic carbocycles. The van der Waals surface area contributed by atoms with Gasteiger partial charge in [0.05, 0.1) is 11.5 Å². The molecule has 112 valence electrons. The summed E-state index contributed by atoms with van der Waals surface area (Å²) in [6.45, 7) is 1.47. The Kier molecular flexibility index (Phi) is 4.17. The normalized spacial score (nSPS) is 11.4. The van der Waals surface area contributed by atoms with Gasteiger partial charge in [-0.05, 0) is 30.7 Å². The molecule has 0 radical (unpaired) electrons. The molecule has 2 aromatic rings. The minimum absolute atomic E-state index is 0.0733. The van der Waals surface area contributed by atoms with Gasteiger partial charge < -0.3 is 15.6 Å². The molecule has 6 nitrogen and oxygen atoms in total. The zero-order valence-electron chi connectivity index (χ0n) is 11.4. The van der Waals surface area contributed by atoms with E-state index in [-0.39, 0.29) is 17.2 Å². The van der Waals surface area contributed by atoms with Crippen molar-refractivity contribution in [1.82, 2.24) is 0 Å². The maximum absolute atomic E-state index is 11.5. The molecule has 0 spiro atoms. The maximum atomic E-state index is 11.5. The summed E-state index contributed by atoms with van der Waals surface area (Å²) < 4.78 is 28.7. The zero-order valence-corrected chi connectivity index (χ0v) is 12.2. The third-order valence-electron chi connectivity index (χ3n) is 2.95. The summed E-state index contributed by atoms with van der Waals surface area (Å²) in [5.74, 6) is 0.768. The van der Waals surface area contributed by atoms with Crippen molar-refractivity contribution in [3.05, 3.63) is 47.5 Å². The molecule has 0 unspecified atom stereocenters. The molecule has 5 N–H and O–H groups in total. The van der Waals surface area contributed by atoms with Gasteiger partial charge in [0, 0.05) is 17.3 Å². The Hall–Kier alpha value is -2.09. The van der Waals surface area contributed by atoms with E-state index in [2.05, 4.69) is 0 Å². The van der Waals surface area contributed by atoms with Gasteiger partial charge in [0.2, 0.25) is 10.0 Å². The zero-order chi connectivity index (χ0) is 15.6. The first kappa shape index (κ1) is 15.3. The smallest absolute Gasteiger partial charge is 0.238 e. The summed E-state index contributed by atoms with van der Waals surface area (Å²) in [7, 11) is -3.88. The molecule has 0 atom stereocenters. The standard InChI is InChI=1S/C14H16N2O4S/c1-9-13(6-11(15)7-14(9)21(16,18)19)20-12-4-2-3-10(5-12)8-17/h2-7,17H,8,15H2,1H3,(H2,16,18,19). The molecule has 0 aromatic heterocycles. The second-order valence-corrected chi connectivity index (χ2v) is 6.12. The molecule has 2 rings (SSSR count). The number of aliphatic hydroxyl groups excluding tert-OH is 1. The van der Waals surface area contributed by atoms with Gasteiger partial charge in [0.1, 0.15) is 11.5 Å². The molecule has 0 bridgehead atoms. The van der Waals surface area contributed by atoms with Crippen molar-refractivity contribution in [3.8, 4) is 11.5 Å². The fraction of sp³-hybridized carbons (Fsp3) is 0.143. The largest absolute Gasteiger partial charge is 0.457 e. The highest BCUT2D eigenvalue weighted by molar-refractivity contribution is 7.89. The molecule has 0 saturated heterocycles. The fourth-order valence-electron chi connectivity index (χ4n) is 1.92. The van der Waals surface area contributed by atoms with Crippen LogP contribution in [0.2, 0.25) is 0 Å². The van der Waals surface area contributed by atoms with Crippen LogP contribution < -0.4 is 15.6 Å². The van der Waals surface area contributed by atoms with E-state index < -0.39 is 10.0 Å². The number of sulfonamides is 1. The summed E-state index contributed by atoms with van der Waals surface area (Å²) in [5.41, 5.74) is 6.99. The SMILES string of the molecule is Cc1c(Oc2cccc(CO)c2)cc(N)cc1S(N)(=O)=O. The summed E-state index contributed by atoms with van der Waals surface area (Å²) in [5, 5.41) is 14.3. The van der Waals surface area contributed by atoms with Crippen LogP contribution >= 0.6 is 0 Å². The predicted molar refractivity (Wildman–Crippen MR) is 79.4 cm³/mol. The van der Waals surface area contributed by atoms with Crippen molar-refractivity contribution in [2.24, 2.45) is 5.14 Å². The van der Waals surface area contributed by atoms with Gasteiger partial charge in [-0.2, -0.15) is 0 Å². The molecule has 0 aliphatic carbocycles. The lowest BCUT2D eigenvalue weighted by atomic mass is 10.2. The molecule has 0 aliphatic rings. The van der Waals surface area contributed by atoms with Crippen LogP contribution in [0, 0.1) is 6.92 Å². The van der Waals surface area contributed by atoms with Gasteiger partial charge in [-0.1, -0.05) is 12.1 Å². The second kappa shape index (κ2) is 5.72. The molecule has 21 heavy (non-hydrogen) atoms. The number of anilines is 1. The van der Waals surface area contributed by atoms with Gasteiger partial charge in [0.25, 0.3) is 0 Å². The molecule has 0 saturated carbocycles. The number of benzene rings is 2. The average Bonchev–Trinajstić information content (AvgIpc) is 2.41. The first-order valence-electron chi connectivity index (χ1n) is 6.12. The minimum Gasteiger partial charge on any atom is -0.457 e. The van der Waals surface area contributed by atoms with Crippen LogP contribution in [0.15, 0.2) is 41.3 Å². The minimum atomic E-state index is -3.88. The van der Waals surface area contributed by atoms with E-state index in [1.165, 1.54) is 12.1 Å². The van der Waals surface area contributed by atoms with Crippen molar-refractivity contribution in [2.45, 2.75) is 18.4 Å². The second-order valence-electron chi connectivity index (χ2n) is 4.59. The first-order valence-corrected chi connectivity index (χ1v) is 7.66. The average molecular weight is 308 g/mol. The van der Waals surface area contributed by atoms with E-state index >= 15 is 0 Å². The Labute approximate surface area is 123 Å². The van der Waals surface area contributed by atoms with Gasteiger partial charge in [0.15, 0.2) is 0 Å².